The molecule has 1 saturated heterocycles. The van der Waals surface area contributed by atoms with E-state index < -0.39 is 0 Å². The van der Waals surface area contributed by atoms with Crippen LogP contribution in [0.5, 0.6) is 5.88 Å². The molecule has 4 heterocycles. The number of hydrogen-bond donors (Lipinski definition) is 2. The molecule has 1 saturated carbocycles. The fourth-order valence-electron chi connectivity index (χ4n) is 4.11. The fraction of sp³-hybridized carbons (Fsp3) is 0.478. The van der Waals surface area contributed by atoms with Gasteiger partial charge in [-0.1, -0.05) is 31.5 Å². The summed E-state index contributed by atoms with van der Waals surface area (Å²) in [5.74, 6) is 0.422. The zero-order valence-corrected chi connectivity index (χ0v) is 20.3. The number of piperidine rings is 1. The van der Waals surface area contributed by atoms with Crippen LogP contribution in [0, 0.1) is 17.2 Å². The molecule has 11 nitrogen and oxygen atoms in total. The zero-order valence-electron chi connectivity index (χ0n) is 19.5. The third kappa shape index (κ3) is 5.07. The van der Waals surface area contributed by atoms with Crippen LogP contribution in [0.3, 0.4) is 0 Å². The SMILES string of the molecule is CC(C)C=C(C#N)C(=O)N1CCC[C@@H](Oc2nc(Nc3cnn(C4CC4)c3)nc3[nH]nc(Cl)c23)C1. The highest BCUT2D eigenvalue weighted by Crippen LogP contribution is 2.35. The number of halogens is 1. The second kappa shape index (κ2) is 9.54. The number of H-pyrrole nitrogens is 1. The van der Waals surface area contributed by atoms with Gasteiger partial charge in [0.25, 0.3) is 5.91 Å². The van der Waals surface area contributed by atoms with E-state index in [0.717, 1.165) is 31.4 Å². The number of nitriles is 1. The largest absolute Gasteiger partial charge is 0.472 e. The van der Waals surface area contributed by atoms with E-state index in [1.165, 1.54) is 0 Å². The molecule has 3 aromatic rings. The zero-order chi connectivity index (χ0) is 24.5. The van der Waals surface area contributed by atoms with Crippen LogP contribution in [0.1, 0.15) is 45.6 Å². The molecule has 2 fully saturated rings. The first-order chi connectivity index (χ1) is 16.9. The minimum atomic E-state index is -0.318. The summed E-state index contributed by atoms with van der Waals surface area (Å²) >= 11 is 6.30. The van der Waals surface area contributed by atoms with Gasteiger partial charge in [-0.25, -0.2) is 0 Å². The van der Waals surface area contributed by atoms with Crippen LogP contribution in [0.2, 0.25) is 5.15 Å². The normalized spacial score (nSPS) is 18.7. The molecule has 3 aromatic heterocycles. The monoisotopic (exact) mass is 495 g/mol. The van der Waals surface area contributed by atoms with Crippen molar-refractivity contribution in [2.24, 2.45) is 5.92 Å². The predicted octanol–water partition coefficient (Wildman–Crippen LogP) is 3.76. The van der Waals surface area contributed by atoms with Crippen LogP contribution in [0.25, 0.3) is 11.0 Å². The maximum absolute atomic E-state index is 12.9. The molecule has 0 bridgehead atoms. The second-order valence-corrected chi connectivity index (χ2v) is 9.58. The number of allylic oxidation sites excluding steroid dienone is 1. The first-order valence-electron chi connectivity index (χ1n) is 11.7. The molecule has 2 N–H and O–H groups in total. The maximum Gasteiger partial charge on any atom is 0.264 e. The van der Waals surface area contributed by atoms with Crippen molar-refractivity contribution in [3.05, 3.63) is 29.2 Å². The number of nitrogens with zero attached hydrogens (tertiary/aromatic N) is 7. The lowest BCUT2D eigenvalue weighted by Crippen LogP contribution is -2.45. The van der Waals surface area contributed by atoms with Crippen LogP contribution in [-0.4, -0.2) is 59.9 Å². The van der Waals surface area contributed by atoms with Crippen LogP contribution in [0.4, 0.5) is 11.6 Å². The Balaban J connectivity index is 1.36. The number of aromatic amines is 1. The Bertz CT molecular complexity index is 1320. The van der Waals surface area contributed by atoms with Crippen LogP contribution < -0.4 is 10.1 Å². The fourth-order valence-corrected chi connectivity index (χ4v) is 4.33. The van der Waals surface area contributed by atoms with E-state index in [0.29, 0.717) is 36.1 Å². The van der Waals surface area contributed by atoms with Gasteiger partial charge in [0.1, 0.15) is 23.1 Å². The molecule has 1 amide bonds. The number of likely N-dealkylation sites (tertiary alicyclic amines) is 1. The molecule has 1 atom stereocenters. The number of hydrogen-bond acceptors (Lipinski definition) is 8. The highest BCUT2D eigenvalue weighted by molar-refractivity contribution is 6.34. The Morgan fingerprint density at radius 1 is 1.37 bits per heavy atom. The molecular formula is C23H26ClN9O2. The van der Waals surface area contributed by atoms with Crippen molar-refractivity contribution < 1.29 is 9.53 Å². The van der Waals surface area contributed by atoms with Crippen LogP contribution in [0.15, 0.2) is 24.0 Å². The van der Waals surface area contributed by atoms with Crippen molar-refractivity contribution in [1.82, 2.24) is 34.8 Å². The summed E-state index contributed by atoms with van der Waals surface area (Å²) in [6.45, 7) is 4.78. The summed E-state index contributed by atoms with van der Waals surface area (Å²) in [5.41, 5.74) is 1.36. The molecule has 0 aromatic carbocycles. The maximum atomic E-state index is 12.9. The van der Waals surface area contributed by atoms with Gasteiger partial charge in [-0.15, -0.1) is 0 Å². The summed E-state index contributed by atoms with van der Waals surface area (Å²) in [6, 6.07) is 2.50. The number of anilines is 2. The van der Waals surface area contributed by atoms with Crippen molar-refractivity contribution in [1.29, 1.82) is 5.26 Å². The van der Waals surface area contributed by atoms with Gasteiger partial charge >= 0.3 is 0 Å². The van der Waals surface area contributed by atoms with E-state index in [1.54, 1.807) is 17.2 Å². The lowest BCUT2D eigenvalue weighted by Gasteiger charge is -2.32. The van der Waals surface area contributed by atoms with Gasteiger partial charge in [0.15, 0.2) is 10.8 Å². The average molecular weight is 496 g/mol. The molecule has 5 rings (SSSR count). The van der Waals surface area contributed by atoms with E-state index in [-0.39, 0.29) is 34.5 Å². The lowest BCUT2D eigenvalue weighted by atomic mass is 10.0. The van der Waals surface area contributed by atoms with E-state index in [4.69, 9.17) is 16.3 Å². The van der Waals surface area contributed by atoms with Crippen LogP contribution >= 0.6 is 11.6 Å². The molecule has 0 radical (unpaired) electrons. The Kier molecular flexibility index (Phi) is 6.30. The van der Waals surface area contributed by atoms with E-state index >= 15 is 0 Å². The predicted molar refractivity (Wildman–Crippen MR) is 129 cm³/mol. The smallest absolute Gasteiger partial charge is 0.264 e. The number of amides is 1. The van der Waals surface area contributed by atoms with Crippen molar-refractivity contribution in [2.75, 3.05) is 18.4 Å². The second-order valence-electron chi connectivity index (χ2n) is 9.23. The van der Waals surface area contributed by atoms with E-state index in [9.17, 15) is 10.1 Å². The van der Waals surface area contributed by atoms with Crippen molar-refractivity contribution in [3.63, 3.8) is 0 Å². The third-order valence-corrected chi connectivity index (χ3v) is 6.19. The Labute approximate surface area is 207 Å². The first kappa shape index (κ1) is 23.1. The van der Waals surface area contributed by atoms with Gasteiger partial charge < -0.3 is 15.0 Å². The van der Waals surface area contributed by atoms with Gasteiger partial charge in [-0.05, 0) is 31.6 Å². The van der Waals surface area contributed by atoms with Crippen molar-refractivity contribution in [2.45, 2.75) is 51.7 Å². The van der Waals surface area contributed by atoms with Gasteiger partial charge in [0, 0.05) is 12.7 Å². The highest BCUT2D eigenvalue weighted by Gasteiger charge is 2.29. The third-order valence-electron chi connectivity index (χ3n) is 5.92. The van der Waals surface area contributed by atoms with Gasteiger partial charge in [0.2, 0.25) is 11.8 Å². The number of carbonyl (C=O) groups excluding carboxylic acids is 1. The van der Waals surface area contributed by atoms with Gasteiger partial charge in [0.05, 0.1) is 24.5 Å². The van der Waals surface area contributed by atoms with E-state index in [1.807, 2.05) is 30.8 Å². The molecule has 0 spiro atoms. The molecule has 2 aliphatic rings. The molecular weight excluding hydrogens is 470 g/mol. The van der Waals surface area contributed by atoms with Crippen LogP contribution in [-0.2, 0) is 4.79 Å². The number of fused-ring (bicyclic) bond motifs is 1. The van der Waals surface area contributed by atoms with Crippen molar-refractivity contribution >= 4 is 40.2 Å². The average Bonchev–Trinajstić information content (AvgIpc) is 3.48. The summed E-state index contributed by atoms with van der Waals surface area (Å²) < 4.78 is 8.19. The molecule has 1 aliphatic heterocycles. The number of carbonyl (C=O) groups is 1. The molecule has 1 aliphatic carbocycles. The molecule has 182 valence electrons. The first-order valence-corrected chi connectivity index (χ1v) is 12.1. The summed E-state index contributed by atoms with van der Waals surface area (Å²) in [5, 5.41) is 24.5. The highest BCUT2D eigenvalue weighted by atomic mass is 35.5. The molecule has 0 unspecified atom stereocenters. The molecule has 35 heavy (non-hydrogen) atoms. The Hall–Kier alpha value is -3.65. The minimum absolute atomic E-state index is 0.102. The summed E-state index contributed by atoms with van der Waals surface area (Å²) in [4.78, 5) is 23.6. The Morgan fingerprint density at radius 2 is 2.20 bits per heavy atom. The number of ether oxygens (including phenoxy) is 1. The summed E-state index contributed by atoms with van der Waals surface area (Å²) in [6.07, 6.45) is 8.78. The number of rotatable bonds is 7. The van der Waals surface area contributed by atoms with Gasteiger partial charge in [-0.3, -0.25) is 14.6 Å². The number of nitrogens with one attached hydrogen (secondary N) is 2. The van der Waals surface area contributed by atoms with Gasteiger partial charge in [-0.2, -0.15) is 25.4 Å². The number of aromatic nitrogens is 6. The van der Waals surface area contributed by atoms with E-state index in [2.05, 4.69) is 30.6 Å². The topological polar surface area (TPSA) is 138 Å². The standard InChI is InChI=1S/C23H26ClN9O2/c1-13(2)8-14(9-25)22(34)32-7-3-4-17(12-32)35-21-18-19(24)30-31-20(18)28-23(29-21)27-15-10-26-33(11-15)16-5-6-16/h8,10-11,13,16-17H,3-7,12H2,1-2H3,(H2,27,28,29,30,31)/t17-/m1/s1. The Morgan fingerprint density at radius 3 is 2.94 bits per heavy atom. The van der Waals surface area contributed by atoms with Crippen molar-refractivity contribution in [3.8, 4) is 11.9 Å². The lowest BCUT2D eigenvalue weighted by molar-refractivity contribution is -0.129. The minimum Gasteiger partial charge on any atom is -0.472 e. The summed E-state index contributed by atoms with van der Waals surface area (Å²) in [7, 11) is 0. The quantitative estimate of drug-likeness (QED) is 0.373. The molecule has 12 heteroatoms.